The van der Waals surface area contributed by atoms with Crippen molar-refractivity contribution in [1.29, 1.82) is 0 Å². The summed E-state index contributed by atoms with van der Waals surface area (Å²) in [7, 11) is 0. The molecule has 1 atom stereocenters. The van der Waals surface area contributed by atoms with Crippen molar-refractivity contribution in [2.24, 2.45) is 5.92 Å². The van der Waals surface area contributed by atoms with Gasteiger partial charge in [0.15, 0.2) is 0 Å². The highest BCUT2D eigenvalue weighted by Crippen LogP contribution is 2.22. The molecule has 0 bridgehead atoms. The third-order valence-corrected chi connectivity index (χ3v) is 4.40. The summed E-state index contributed by atoms with van der Waals surface area (Å²) in [5.74, 6) is -0.319. The van der Waals surface area contributed by atoms with E-state index in [2.05, 4.69) is 12.2 Å². The third-order valence-electron chi connectivity index (χ3n) is 4.40. The van der Waals surface area contributed by atoms with Crippen LogP contribution in [0.15, 0.2) is 54.6 Å². The number of likely N-dealkylation sites (tertiary alicyclic amines) is 1. The van der Waals surface area contributed by atoms with Gasteiger partial charge in [0.1, 0.15) is 0 Å². The third kappa shape index (κ3) is 3.82. The van der Waals surface area contributed by atoms with E-state index in [9.17, 15) is 9.59 Å². The van der Waals surface area contributed by atoms with Crippen LogP contribution >= 0.6 is 0 Å². The largest absolute Gasteiger partial charge is 0.338 e. The van der Waals surface area contributed by atoms with Crippen molar-refractivity contribution in [2.75, 3.05) is 11.9 Å². The van der Waals surface area contributed by atoms with Gasteiger partial charge in [-0.25, -0.2) is 0 Å². The van der Waals surface area contributed by atoms with Gasteiger partial charge >= 0.3 is 0 Å². The average Bonchev–Trinajstić information content (AvgIpc) is 2.97. The van der Waals surface area contributed by atoms with E-state index in [1.165, 1.54) is 5.56 Å². The second-order valence-electron chi connectivity index (χ2n) is 6.20. The lowest BCUT2D eigenvalue weighted by Crippen LogP contribution is -2.28. The van der Waals surface area contributed by atoms with E-state index in [1.54, 1.807) is 4.90 Å². The van der Waals surface area contributed by atoms with Gasteiger partial charge in [0, 0.05) is 25.2 Å². The number of benzene rings is 2. The Labute approximate surface area is 142 Å². The lowest BCUT2D eigenvalue weighted by atomic mass is 10.1. The first-order valence-corrected chi connectivity index (χ1v) is 8.37. The summed E-state index contributed by atoms with van der Waals surface area (Å²) >= 11 is 0. The maximum absolute atomic E-state index is 12.5. The van der Waals surface area contributed by atoms with Crippen LogP contribution in [-0.2, 0) is 22.6 Å². The number of anilines is 1. The van der Waals surface area contributed by atoms with E-state index in [0.717, 1.165) is 17.7 Å². The molecule has 2 amide bonds. The highest BCUT2D eigenvalue weighted by Gasteiger charge is 2.34. The van der Waals surface area contributed by atoms with Crippen molar-refractivity contribution < 1.29 is 9.59 Å². The van der Waals surface area contributed by atoms with Gasteiger partial charge in [-0.2, -0.15) is 0 Å². The zero-order valence-electron chi connectivity index (χ0n) is 13.9. The molecule has 1 saturated heterocycles. The number of nitrogens with one attached hydrogen (secondary N) is 1. The van der Waals surface area contributed by atoms with E-state index in [0.29, 0.717) is 13.1 Å². The number of carbonyl (C=O) groups excluding carboxylic acids is 2. The quantitative estimate of drug-likeness (QED) is 0.919. The molecule has 1 heterocycles. The Morgan fingerprint density at radius 3 is 2.62 bits per heavy atom. The normalized spacial score (nSPS) is 17.1. The molecule has 3 rings (SSSR count). The van der Waals surface area contributed by atoms with Gasteiger partial charge in [-0.3, -0.25) is 9.59 Å². The number of nitrogens with zero attached hydrogens (tertiary/aromatic N) is 1. The molecule has 24 heavy (non-hydrogen) atoms. The van der Waals surface area contributed by atoms with E-state index in [4.69, 9.17) is 0 Å². The fraction of sp³-hybridized carbons (Fsp3) is 0.300. The average molecular weight is 322 g/mol. The van der Waals surface area contributed by atoms with E-state index < -0.39 is 0 Å². The van der Waals surface area contributed by atoms with Crippen LogP contribution in [0.1, 0.15) is 24.5 Å². The fourth-order valence-corrected chi connectivity index (χ4v) is 3.02. The first-order valence-electron chi connectivity index (χ1n) is 8.37. The molecule has 0 saturated carbocycles. The van der Waals surface area contributed by atoms with Crippen LogP contribution in [0.2, 0.25) is 0 Å². The Bertz CT molecular complexity index is 727. The van der Waals surface area contributed by atoms with E-state index >= 15 is 0 Å². The smallest absolute Gasteiger partial charge is 0.229 e. The molecule has 0 aromatic heterocycles. The van der Waals surface area contributed by atoms with E-state index in [-0.39, 0.29) is 24.2 Å². The van der Waals surface area contributed by atoms with E-state index in [1.807, 2.05) is 54.6 Å². The van der Waals surface area contributed by atoms with Crippen molar-refractivity contribution >= 4 is 17.5 Å². The Balaban J connectivity index is 1.61. The van der Waals surface area contributed by atoms with Crippen molar-refractivity contribution in [3.63, 3.8) is 0 Å². The standard InChI is InChI=1S/C20H22N2O2/c1-2-15-9-6-10-18(11-15)21-20(24)17-12-19(23)22(14-17)13-16-7-4-3-5-8-16/h3-11,17H,2,12-14H2,1H3,(H,21,24). The number of aryl methyl sites for hydroxylation is 1. The maximum atomic E-state index is 12.5. The zero-order chi connectivity index (χ0) is 16.9. The summed E-state index contributed by atoms with van der Waals surface area (Å²) in [4.78, 5) is 26.4. The van der Waals surface area contributed by atoms with Crippen molar-refractivity contribution in [3.05, 3.63) is 65.7 Å². The fourth-order valence-electron chi connectivity index (χ4n) is 3.02. The van der Waals surface area contributed by atoms with Gasteiger partial charge < -0.3 is 10.2 Å². The van der Waals surface area contributed by atoms with Crippen LogP contribution in [0.3, 0.4) is 0 Å². The molecule has 2 aromatic rings. The van der Waals surface area contributed by atoms with Crippen LogP contribution in [0.25, 0.3) is 0 Å². The molecule has 0 aliphatic carbocycles. The highest BCUT2D eigenvalue weighted by atomic mass is 16.2. The molecule has 1 aliphatic heterocycles. The van der Waals surface area contributed by atoms with Gasteiger partial charge in [0.05, 0.1) is 5.92 Å². The zero-order valence-corrected chi connectivity index (χ0v) is 13.9. The lowest BCUT2D eigenvalue weighted by Gasteiger charge is -2.16. The van der Waals surface area contributed by atoms with Crippen molar-refractivity contribution in [1.82, 2.24) is 4.90 Å². The number of amides is 2. The molecule has 0 spiro atoms. The Morgan fingerprint density at radius 1 is 1.12 bits per heavy atom. The minimum absolute atomic E-state index is 0.0429. The molecule has 124 valence electrons. The van der Waals surface area contributed by atoms with Gasteiger partial charge in [0.25, 0.3) is 0 Å². The van der Waals surface area contributed by atoms with Gasteiger partial charge in [-0.05, 0) is 29.7 Å². The Morgan fingerprint density at radius 2 is 1.88 bits per heavy atom. The van der Waals surface area contributed by atoms with Crippen molar-refractivity contribution in [2.45, 2.75) is 26.3 Å². The molecule has 4 nitrogen and oxygen atoms in total. The monoisotopic (exact) mass is 322 g/mol. The summed E-state index contributed by atoms with van der Waals surface area (Å²) in [6.07, 6.45) is 1.21. The molecule has 1 N–H and O–H groups in total. The molecule has 0 radical (unpaired) electrons. The number of carbonyl (C=O) groups is 2. The Hall–Kier alpha value is -2.62. The minimum Gasteiger partial charge on any atom is -0.338 e. The predicted octanol–water partition coefficient (Wildman–Crippen LogP) is 3.24. The van der Waals surface area contributed by atoms with Crippen molar-refractivity contribution in [3.8, 4) is 0 Å². The minimum atomic E-state index is -0.286. The van der Waals surface area contributed by atoms with Crippen LogP contribution in [0, 0.1) is 5.92 Å². The molecule has 4 heteroatoms. The molecular formula is C20H22N2O2. The number of hydrogen-bond donors (Lipinski definition) is 1. The van der Waals surface area contributed by atoms with Crippen LogP contribution in [-0.4, -0.2) is 23.3 Å². The summed E-state index contributed by atoms with van der Waals surface area (Å²) in [5.41, 5.74) is 3.07. The molecule has 2 aromatic carbocycles. The molecule has 1 aliphatic rings. The number of rotatable bonds is 5. The second-order valence-corrected chi connectivity index (χ2v) is 6.20. The summed E-state index contributed by atoms with van der Waals surface area (Å²) in [6, 6.07) is 17.7. The van der Waals surface area contributed by atoms with Crippen LogP contribution in [0.4, 0.5) is 5.69 Å². The summed E-state index contributed by atoms with van der Waals surface area (Å²) in [6.45, 7) is 3.12. The second kappa shape index (κ2) is 7.30. The SMILES string of the molecule is CCc1cccc(NC(=O)C2CC(=O)N(Cc3ccccc3)C2)c1. The first-order chi connectivity index (χ1) is 11.7. The van der Waals surface area contributed by atoms with Crippen LogP contribution < -0.4 is 5.32 Å². The number of hydrogen-bond acceptors (Lipinski definition) is 2. The highest BCUT2D eigenvalue weighted by molar-refractivity contribution is 5.97. The summed E-state index contributed by atoms with van der Waals surface area (Å²) < 4.78 is 0. The van der Waals surface area contributed by atoms with Gasteiger partial charge in [-0.1, -0.05) is 49.4 Å². The lowest BCUT2D eigenvalue weighted by molar-refractivity contribution is -0.128. The first kappa shape index (κ1) is 16.2. The van der Waals surface area contributed by atoms with Crippen LogP contribution in [0.5, 0.6) is 0 Å². The van der Waals surface area contributed by atoms with Gasteiger partial charge in [0.2, 0.25) is 11.8 Å². The maximum Gasteiger partial charge on any atom is 0.229 e. The topological polar surface area (TPSA) is 49.4 Å². The molecule has 1 fully saturated rings. The molecule has 1 unspecified atom stereocenters. The molecular weight excluding hydrogens is 300 g/mol. The van der Waals surface area contributed by atoms with Gasteiger partial charge in [-0.15, -0.1) is 0 Å². The predicted molar refractivity (Wildman–Crippen MR) is 94.4 cm³/mol. The Kier molecular flexibility index (Phi) is 4.94. The summed E-state index contributed by atoms with van der Waals surface area (Å²) in [5, 5.41) is 2.95.